The Morgan fingerprint density at radius 1 is 1.17 bits per heavy atom. The van der Waals surface area contributed by atoms with Gasteiger partial charge in [-0.1, -0.05) is 24.3 Å². The molecular weight excluding hydrogens is 314 g/mol. The highest BCUT2D eigenvalue weighted by Gasteiger charge is 2.13. The van der Waals surface area contributed by atoms with Crippen LogP contribution in [0.5, 0.6) is 0 Å². The Morgan fingerprint density at radius 3 is 2.62 bits per heavy atom. The second-order valence-electron chi connectivity index (χ2n) is 4.79. The van der Waals surface area contributed by atoms with Crippen molar-refractivity contribution in [3.05, 3.63) is 80.8 Å². The van der Waals surface area contributed by atoms with E-state index in [1.807, 2.05) is 0 Å². The van der Waals surface area contributed by atoms with Gasteiger partial charge in [0.2, 0.25) is 5.95 Å². The molecule has 9 nitrogen and oxygen atoms in total. The summed E-state index contributed by atoms with van der Waals surface area (Å²) in [6.45, 7) is 0. The Bertz CT molecular complexity index is 961. The van der Waals surface area contributed by atoms with Crippen LogP contribution in [0.4, 0.5) is 11.6 Å². The molecular formula is C15H11N5O4. The van der Waals surface area contributed by atoms with E-state index in [4.69, 9.17) is 0 Å². The summed E-state index contributed by atoms with van der Waals surface area (Å²) in [5, 5.41) is 17.2. The van der Waals surface area contributed by atoms with Gasteiger partial charge in [0.1, 0.15) is 0 Å². The minimum Gasteiger partial charge on any atom is -0.291 e. The number of benzene rings is 2. The van der Waals surface area contributed by atoms with Gasteiger partial charge in [0.05, 0.1) is 10.6 Å². The summed E-state index contributed by atoms with van der Waals surface area (Å²) < 4.78 is 0.938. The zero-order valence-electron chi connectivity index (χ0n) is 12.2. The quantitative estimate of drug-likeness (QED) is 0.558. The molecule has 24 heavy (non-hydrogen) atoms. The number of non-ortho nitro benzene ring substituents is 1. The molecule has 0 saturated carbocycles. The number of H-pyrrole nitrogens is 1. The molecule has 9 heteroatoms. The minimum atomic E-state index is -0.626. The van der Waals surface area contributed by atoms with Crippen LogP contribution >= 0.6 is 0 Å². The normalized spacial score (nSPS) is 10.3. The molecule has 0 saturated heterocycles. The largest absolute Gasteiger partial charge is 0.349 e. The van der Waals surface area contributed by atoms with Gasteiger partial charge in [-0.3, -0.25) is 25.2 Å². The lowest BCUT2D eigenvalue weighted by atomic mass is 10.2. The van der Waals surface area contributed by atoms with E-state index in [-0.39, 0.29) is 17.3 Å². The van der Waals surface area contributed by atoms with Crippen LogP contribution in [0.1, 0.15) is 10.4 Å². The van der Waals surface area contributed by atoms with Crippen LogP contribution < -0.4 is 11.0 Å². The molecule has 0 spiro atoms. The average molecular weight is 325 g/mol. The molecule has 0 aliphatic rings. The number of nitrogens with one attached hydrogen (secondary N) is 2. The third kappa shape index (κ3) is 3.04. The number of nitro benzene ring substituents is 1. The lowest BCUT2D eigenvalue weighted by Gasteiger charge is -2.01. The van der Waals surface area contributed by atoms with Gasteiger partial charge in [-0.2, -0.15) is 4.68 Å². The van der Waals surface area contributed by atoms with Gasteiger partial charge in [-0.25, -0.2) is 4.79 Å². The van der Waals surface area contributed by atoms with Gasteiger partial charge in [-0.05, 0) is 18.2 Å². The van der Waals surface area contributed by atoms with Crippen molar-refractivity contribution in [2.45, 2.75) is 0 Å². The summed E-state index contributed by atoms with van der Waals surface area (Å²) in [4.78, 5) is 36.6. The van der Waals surface area contributed by atoms with Gasteiger partial charge >= 0.3 is 5.69 Å². The van der Waals surface area contributed by atoms with E-state index in [1.54, 1.807) is 30.3 Å². The summed E-state index contributed by atoms with van der Waals surface area (Å²) in [5.74, 6) is -0.490. The van der Waals surface area contributed by atoms with Crippen molar-refractivity contribution in [1.82, 2.24) is 14.8 Å². The van der Waals surface area contributed by atoms with Crippen LogP contribution in [0, 0.1) is 10.1 Å². The maximum absolute atomic E-state index is 12.0. The number of rotatable bonds is 4. The predicted molar refractivity (Wildman–Crippen MR) is 85.2 cm³/mol. The van der Waals surface area contributed by atoms with Crippen molar-refractivity contribution < 1.29 is 9.72 Å². The van der Waals surface area contributed by atoms with Gasteiger partial charge in [-0.15, -0.1) is 5.10 Å². The molecule has 0 aliphatic heterocycles. The third-order valence-corrected chi connectivity index (χ3v) is 3.17. The lowest BCUT2D eigenvalue weighted by Crippen LogP contribution is -2.16. The number of hydrogen-bond acceptors (Lipinski definition) is 5. The fraction of sp³-hybridized carbons (Fsp3) is 0. The monoisotopic (exact) mass is 325 g/mol. The smallest absolute Gasteiger partial charge is 0.291 e. The third-order valence-electron chi connectivity index (χ3n) is 3.17. The minimum absolute atomic E-state index is 0.0552. The van der Waals surface area contributed by atoms with Crippen molar-refractivity contribution in [2.24, 2.45) is 0 Å². The molecule has 0 fully saturated rings. The van der Waals surface area contributed by atoms with E-state index in [9.17, 15) is 19.7 Å². The maximum atomic E-state index is 12.0. The Morgan fingerprint density at radius 2 is 1.92 bits per heavy atom. The molecule has 0 aliphatic carbocycles. The molecule has 120 valence electrons. The Kier molecular flexibility index (Phi) is 3.89. The number of anilines is 1. The van der Waals surface area contributed by atoms with Gasteiger partial charge < -0.3 is 0 Å². The van der Waals surface area contributed by atoms with Crippen molar-refractivity contribution in [1.29, 1.82) is 0 Å². The zero-order chi connectivity index (χ0) is 17.1. The topological polar surface area (TPSA) is 123 Å². The summed E-state index contributed by atoms with van der Waals surface area (Å²) in [6.07, 6.45) is 0. The van der Waals surface area contributed by atoms with E-state index in [1.165, 1.54) is 24.3 Å². The predicted octanol–water partition coefficient (Wildman–Crippen LogP) is 1.72. The SMILES string of the molecule is O=C(Nc1nn(-c2cccc([N+](=O)[O-])c2)c(=O)[nH]1)c1ccccc1. The molecule has 3 rings (SSSR count). The standard InChI is InChI=1S/C15H11N5O4/c21-13(10-5-2-1-3-6-10)16-14-17-15(22)19(18-14)11-7-4-8-12(9-11)20(23)24/h1-9H,(H2,16,17,18,21,22). The number of aromatic nitrogens is 3. The number of carbonyl (C=O) groups is 1. The lowest BCUT2D eigenvalue weighted by molar-refractivity contribution is -0.384. The first-order valence-electron chi connectivity index (χ1n) is 6.85. The molecule has 1 heterocycles. The van der Waals surface area contributed by atoms with E-state index < -0.39 is 16.5 Å². The number of carbonyl (C=O) groups excluding carboxylic acids is 1. The first kappa shape index (κ1) is 15.2. The first-order chi connectivity index (χ1) is 11.5. The molecule has 1 amide bonds. The number of aromatic amines is 1. The Balaban J connectivity index is 1.88. The fourth-order valence-corrected chi connectivity index (χ4v) is 2.06. The molecule has 0 atom stereocenters. The zero-order valence-corrected chi connectivity index (χ0v) is 12.2. The molecule has 1 aromatic heterocycles. The van der Waals surface area contributed by atoms with Crippen molar-refractivity contribution in [3.63, 3.8) is 0 Å². The number of hydrogen-bond donors (Lipinski definition) is 2. The highest BCUT2D eigenvalue weighted by atomic mass is 16.6. The van der Waals surface area contributed by atoms with Crippen LogP contribution in [0.3, 0.4) is 0 Å². The van der Waals surface area contributed by atoms with Gasteiger partial charge in [0, 0.05) is 17.7 Å². The fourth-order valence-electron chi connectivity index (χ4n) is 2.06. The van der Waals surface area contributed by atoms with E-state index >= 15 is 0 Å². The van der Waals surface area contributed by atoms with Gasteiger partial charge in [0.25, 0.3) is 11.6 Å². The number of nitrogens with zero attached hydrogens (tertiary/aromatic N) is 3. The van der Waals surface area contributed by atoms with Crippen LogP contribution in [0.25, 0.3) is 5.69 Å². The number of amides is 1. The molecule has 2 aromatic carbocycles. The maximum Gasteiger partial charge on any atom is 0.349 e. The van der Waals surface area contributed by atoms with Crippen molar-refractivity contribution in [3.8, 4) is 5.69 Å². The Hall–Kier alpha value is -3.75. The highest BCUT2D eigenvalue weighted by Crippen LogP contribution is 2.15. The molecule has 2 N–H and O–H groups in total. The van der Waals surface area contributed by atoms with E-state index in [0.717, 1.165) is 4.68 Å². The first-order valence-corrected chi connectivity index (χ1v) is 6.85. The van der Waals surface area contributed by atoms with E-state index in [0.29, 0.717) is 5.56 Å². The second kappa shape index (κ2) is 6.16. The van der Waals surface area contributed by atoms with Crippen LogP contribution in [-0.4, -0.2) is 25.6 Å². The van der Waals surface area contributed by atoms with Crippen LogP contribution in [0.15, 0.2) is 59.4 Å². The number of nitro groups is 1. The van der Waals surface area contributed by atoms with Crippen LogP contribution in [-0.2, 0) is 0 Å². The summed E-state index contributed by atoms with van der Waals surface area (Å²) in [6, 6.07) is 13.9. The van der Waals surface area contributed by atoms with Gasteiger partial charge in [0.15, 0.2) is 0 Å². The van der Waals surface area contributed by atoms with E-state index in [2.05, 4.69) is 15.4 Å². The van der Waals surface area contributed by atoms with Crippen LogP contribution in [0.2, 0.25) is 0 Å². The summed E-state index contributed by atoms with van der Waals surface area (Å²) in [7, 11) is 0. The van der Waals surface area contributed by atoms with Crippen molar-refractivity contribution >= 4 is 17.5 Å². The molecule has 0 radical (unpaired) electrons. The average Bonchev–Trinajstić information content (AvgIpc) is 2.96. The summed E-state index contributed by atoms with van der Waals surface area (Å²) >= 11 is 0. The molecule has 3 aromatic rings. The molecule has 0 bridgehead atoms. The van der Waals surface area contributed by atoms with Crippen molar-refractivity contribution in [2.75, 3.05) is 5.32 Å². The molecule has 0 unspecified atom stereocenters. The second-order valence-corrected chi connectivity index (χ2v) is 4.79. The Labute approximate surface area is 134 Å². The highest BCUT2D eigenvalue weighted by molar-refractivity contribution is 6.03. The summed E-state index contributed by atoms with van der Waals surface area (Å²) in [5.41, 5.74) is -0.176.